The summed E-state index contributed by atoms with van der Waals surface area (Å²) in [4.78, 5) is 30.2. The molecular weight excluding hydrogens is 394 g/mol. The quantitative estimate of drug-likeness (QED) is 0.626. The van der Waals surface area contributed by atoms with Gasteiger partial charge in [0.2, 0.25) is 0 Å². The van der Waals surface area contributed by atoms with Crippen LogP contribution in [0.15, 0.2) is 42.9 Å². The van der Waals surface area contributed by atoms with E-state index < -0.39 is 28.4 Å². The summed E-state index contributed by atoms with van der Waals surface area (Å²) in [7, 11) is 1.35. The molecule has 7 heteroatoms. The summed E-state index contributed by atoms with van der Waals surface area (Å²) in [5.41, 5.74) is -1.48. The normalized spacial score (nSPS) is 22.1. The van der Waals surface area contributed by atoms with Crippen LogP contribution in [0.2, 0.25) is 0 Å². The molecule has 0 N–H and O–H groups in total. The number of nitrogens with zero attached hydrogens (tertiary/aromatic N) is 3. The fourth-order valence-corrected chi connectivity index (χ4v) is 4.06. The highest BCUT2D eigenvalue weighted by Crippen LogP contribution is 2.59. The first-order valence-electron chi connectivity index (χ1n) is 10.4. The molecule has 1 heterocycles. The fourth-order valence-electron chi connectivity index (χ4n) is 4.06. The van der Waals surface area contributed by atoms with Gasteiger partial charge >= 0.3 is 11.9 Å². The third kappa shape index (κ3) is 4.20. The average molecular weight is 424 g/mol. The van der Waals surface area contributed by atoms with Crippen molar-refractivity contribution in [3.8, 4) is 11.8 Å². The highest BCUT2D eigenvalue weighted by atomic mass is 16.6. The van der Waals surface area contributed by atoms with Crippen molar-refractivity contribution in [3.63, 3.8) is 0 Å². The van der Waals surface area contributed by atoms with Crippen molar-refractivity contribution in [3.05, 3.63) is 48.5 Å². The van der Waals surface area contributed by atoms with Crippen LogP contribution < -0.4 is 0 Å². The molecule has 0 amide bonds. The monoisotopic (exact) mass is 423 g/mol. The molecule has 0 saturated heterocycles. The summed E-state index contributed by atoms with van der Waals surface area (Å²) >= 11 is 0. The Morgan fingerprint density at radius 2 is 1.97 bits per heavy atom. The Labute approximate surface area is 183 Å². The summed E-state index contributed by atoms with van der Waals surface area (Å²) in [6, 6.07) is 11.9. The number of ether oxygens (including phenoxy) is 2. The molecular formula is C24H29N3O4. The van der Waals surface area contributed by atoms with Gasteiger partial charge in [-0.15, -0.1) is 0 Å². The lowest BCUT2D eigenvalue weighted by atomic mass is 9.79. The summed E-state index contributed by atoms with van der Waals surface area (Å²) < 4.78 is 12.5. The number of benzene rings is 1. The van der Waals surface area contributed by atoms with Gasteiger partial charge in [0.1, 0.15) is 11.0 Å². The van der Waals surface area contributed by atoms with E-state index in [9.17, 15) is 14.9 Å². The van der Waals surface area contributed by atoms with Crippen molar-refractivity contribution >= 4 is 11.9 Å². The smallest absolute Gasteiger partial charge is 0.327 e. The van der Waals surface area contributed by atoms with Gasteiger partial charge in [-0.3, -0.25) is 9.59 Å². The van der Waals surface area contributed by atoms with Crippen LogP contribution in [0.4, 0.5) is 0 Å². The predicted octanol–water partition coefficient (Wildman–Crippen LogP) is 3.95. The summed E-state index contributed by atoms with van der Waals surface area (Å²) in [6.45, 7) is 7.11. The van der Waals surface area contributed by atoms with Gasteiger partial charge in [0.25, 0.3) is 0 Å². The molecule has 0 bridgehead atoms. The Balaban J connectivity index is 1.91. The first-order chi connectivity index (χ1) is 14.6. The van der Waals surface area contributed by atoms with Crippen LogP contribution in [0.3, 0.4) is 0 Å². The molecule has 1 saturated carbocycles. The Kier molecular flexibility index (Phi) is 5.95. The maximum absolute atomic E-state index is 12.9. The third-order valence-electron chi connectivity index (χ3n) is 5.95. The molecule has 0 aliphatic heterocycles. The van der Waals surface area contributed by atoms with Crippen molar-refractivity contribution in [2.24, 2.45) is 11.3 Å². The van der Waals surface area contributed by atoms with Gasteiger partial charge in [0.15, 0.2) is 5.41 Å². The van der Waals surface area contributed by atoms with E-state index in [0.717, 1.165) is 5.69 Å². The lowest BCUT2D eigenvalue weighted by molar-refractivity contribution is -0.165. The number of hydrogen-bond donors (Lipinski definition) is 0. The number of para-hydroxylation sites is 1. The summed E-state index contributed by atoms with van der Waals surface area (Å²) in [6.07, 6.45) is 4.46. The van der Waals surface area contributed by atoms with Crippen molar-refractivity contribution in [1.82, 2.24) is 9.55 Å². The number of methoxy groups -OCH3 is 1. The largest absolute Gasteiger partial charge is 0.468 e. The lowest BCUT2D eigenvalue weighted by Crippen LogP contribution is -2.38. The van der Waals surface area contributed by atoms with Crippen molar-refractivity contribution in [2.45, 2.75) is 58.0 Å². The van der Waals surface area contributed by atoms with E-state index in [1.54, 1.807) is 34.0 Å². The van der Waals surface area contributed by atoms with Crippen molar-refractivity contribution in [2.75, 3.05) is 7.11 Å². The van der Waals surface area contributed by atoms with Crippen LogP contribution >= 0.6 is 0 Å². The molecule has 0 spiro atoms. The molecule has 0 radical (unpaired) electrons. The molecule has 1 aliphatic carbocycles. The maximum Gasteiger partial charge on any atom is 0.327 e. The molecule has 31 heavy (non-hydrogen) atoms. The number of carbonyl (C=O) groups excluding carboxylic acids is 2. The molecule has 1 aromatic heterocycles. The highest BCUT2D eigenvalue weighted by molar-refractivity contribution is 5.87. The molecule has 3 rings (SSSR count). The third-order valence-corrected chi connectivity index (χ3v) is 5.95. The highest BCUT2D eigenvalue weighted by Gasteiger charge is 2.66. The lowest BCUT2D eigenvalue weighted by Gasteiger charge is -2.29. The van der Waals surface area contributed by atoms with E-state index in [0.29, 0.717) is 18.5 Å². The minimum Gasteiger partial charge on any atom is -0.468 e. The van der Waals surface area contributed by atoms with E-state index in [2.05, 4.69) is 11.1 Å². The van der Waals surface area contributed by atoms with Crippen LogP contribution in [0.1, 0.15) is 52.7 Å². The minimum absolute atomic E-state index is 0.211. The Morgan fingerprint density at radius 1 is 1.29 bits per heavy atom. The average Bonchev–Trinajstić information content (AvgIpc) is 3.23. The first-order valence-corrected chi connectivity index (χ1v) is 10.4. The van der Waals surface area contributed by atoms with E-state index in [4.69, 9.17) is 9.47 Å². The van der Waals surface area contributed by atoms with Crippen LogP contribution in [0, 0.1) is 22.7 Å². The van der Waals surface area contributed by atoms with Crippen LogP contribution in [-0.2, 0) is 24.5 Å². The van der Waals surface area contributed by atoms with Gasteiger partial charge in [-0.2, -0.15) is 5.26 Å². The van der Waals surface area contributed by atoms with Gasteiger partial charge in [-0.1, -0.05) is 25.1 Å². The zero-order valence-electron chi connectivity index (χ0n) is 18.7. The zero-order chi connectivity index (χ0) is 22.9. The fraction of sp³-hybridized carbons (Fsp3) is 0.500. The number of hydrogen-bond acceptors (Lipinski definition) is 6. The molecule has 1 unspecified atom stereocenters. The second-order valence-electron chi connectivity index (χ2n) is 9.12. The standard InChI is InChI=1S/C24H29N3O4/c1-6-23(15-25,20(28)31-22(2,3)4)12-17-13-24(17,21(29)30-5)19-14-27(16-26-19)18-10-8-7-9-11-18/h7-11,14,16-17H,6,12-13H2,1-5H3/t17-,23?,24+/m0/s1. The molecule has 7 nitrogen and oxygen atoms in total. The number of nitriles is 1. The van der Waals surface area contributed by atoms with Gasteiger partial charge < -0.3 is 14.0 Å². The number of imidazole rings is 1. The van der Waals surface area contributed by atoms with Gasteiger partial charge in [-0.05, 0) is 58.1 Å². The van der Waals surface area contributed by atoms with E-state index in [1.165, 1.54) is 7.11 Å². The molecule has 164 valence electrons. The topological polar surface area (TPSA) is 94.2 Å². The maximum atomic E-state index is 12.9. The summed E-state index contributed by atoms with van der Waals surface area (Å²) in [5, 5.41) is 9.92. The second-order valence-corrected chi connectivity index (χ2v) is 9.12. The predicted molar refractivity (Wildman–Crippen MR) is 114 cm³/mol. The first kappa shape index (κ1) is 22.5. The van der Waals surface area contributed by atoms with Gasteiger partial charge in [0.05, 0.1) is 25.2 Å². The Morgan fingerprint density at radius 3 is 2.52 bits per heavy atom. The molecule has 2 aromatic rings. The van der Waals surface area contributed by atoms with Gasteiger partial charge in [-0.25, -0.2) is 4.98 Å². The number of carbonyl (C=O) groups is 2. The van der Waals surface area contributed by atoms with Crippen LogP contribution in [-0.4, -0.2) is 34.2 Å². The SMILES string of the molecule is CCC(C#N)(C[C@H]1C[C@]1(C(=O)OC)c1cn(-c2ccccc2)cn1)C(=O)OC(C)(C)C. The Hall–Kier alpha value is -3.14. The van der Waals surface area contributed by atoms with Crippen LogP contribution in [0.25, 0.3) is 5.69 Å². The number of rotatable bonds is 7. The van der Waals surface area contributed by atoms with E-state index in [1.807, 2.05) is 41.1 Å². The van der Waals surface area contributed by atoms with Crippen molar-refractivity contribution in [1.29, 1.82) is 5.26 Å². The minimum atomic E-state index is -1.32. The van der Waals surface area contributed by atoms with Crippen molar-refractivity contribution < 1.29 is 19.1 Å². The molecule has 1 aromatic carbocycles. The molecule has 3 atom stereocenters. The second kappa shape index (κ2) is 8.18. The zero-order valence-corrected chi connectivity index (χ0v) is 18.7. The molecule has 1 fully saturated rings. The van der Waals surface area contributed by atoms with E-state index in [-0.39, 0.29) is 12.3 Å². The summed E-state index contributed by atoms with van der Waals surface area (Å²) in [5.74, 6) is -1.19. The van der Waals surface area contributed by atoms with Crippen LogP contribution in [0.5, 0.6) is 0 Å². The molecule has 1 aliphatic rings. The van der Waals surface area contributed by atoms with E-state index >= 15 is 0 Å². The number of esters is 2. The Bertz CT molecular complexity index is 1000. The van der Waals surface area contributed by atoms with Gasteiger partial charge in [0, 0.05) is 11.9 Å². The number of aromatic nitrogens is 2.